The first-order valence-corrected chi connectivity index (χ1v) is 7.73. The van der Waals surface area contributed by atoms with Crippen molar-refractivity contribution in [1.29, 1.82) is 0 Å². The number of likely N-dealkylation sites (N-methyl/N-ethyl adjacent to an activating group) is 1. The van der Waals surface area contributed by atoms with Gasteiger partial charge in [0, 0.05) is 12.1 Å². The van der Waals surface area contributed by atoms with Crippen LogP contribution in [0.25, 0.3) is 0 Å². The number of hydrogen-bond acceptors (Lipinski definition) is 3. The summed E-state index contributed by atoms with van der Waals surface area (Å²) in [4.78, 5) is 14.2. The molecule has 1 amide bonds. The van der Waals surface area contributed by atoms with Crippen LogP contribution in [-0.4, -0.2) is 36.1 Å². The molecule has 0 aliphatic carbocycles. The number of carbonyl (C=O) groups is 1. The maximum atomic E-state index is 12.6. The molecule has 0 bridgehead atoms. The number of carbonyl (C=O) groups excluding carboxylic acids is 1. The van der Waals surface area contributed by atoms with Crippen molar-refractivity contribution in [3.8, 4) is 5.75 Å². The van der Waals surface area contributed by atoms with E-state index in [0.29, 0.717) is 17.9 Å². The molecule has 4 heteroatoms. The zero-order valence-electron chi connectivity index (χ0n) is 13.8. The standard InChI is InChI=1S/C19H23NO3/c1-4-20(13-18(21)15-7-5-14(2)6-8-15)19(22)16-9-11-17(23-3)12-10-16/h5-12,18,21H,4,13H2,1-3H3. The molecular formula is C19H23NO3. The van der Waals surface area contributed by atoms with E-state index in [-0.39, 0.29) is 12.5 Å². The van der Waals surface area contributed by atoms with E-state index in [1.807, 2.05) is 38.1 Å². The molecule has 0 spiro atoms. The summed E-state index contributed by atoms with van der Waals surface area (Å²) < 4.78 is 5.10. The summed E-state index contributed by atoms with van der Waals surface area (Å²) >= 11 is 0. The van der Waals surface area contributed by atoms with Crippen molar-refractivity contribution in [3.63, 3.8) is 0 Å². The number of aliphatic hydroxyl groups is 1. The first kappa shape index (κ1) is 17.0. The number of benzene rings is 2. The first-order valence-electron chi connectivity index (χ1n) is 7.73. The molecule has 1 N–H and O–H groups in total. The molecular weight excluding hydrogens is 290 g/mol. The average Bonchev–Trinajstić information content (AvgIpc) is 2.59. The summed E-state index contributed by atoms with van der Waals surface area (Å²) in [7, 11) is 1.59. The van der Waals surface area contributed by atoms with Crippen LogP contribution in [0.2, 0.25) is 0 Å². The minimum atomic E-state index is -0.697. The van der Waals surface area contributed by atoms with E-state index >= 15 is 0 Å². The number of methoxy groups -OCH3 is 1. The van der Waals surface area contributed by atoms with E-state index in [1.54, 1.807) is 36.3 Å². The number of aryl methyl sites for hydroxylation is 1. The van der Waals surface area contributed by atoms with E-state index < -0.39 is 6.10 Å². The topological polar surface area (TPSA) is 49.8 Å². The second-order valence-electron chi connectivity index (χ2n) is 5.50. The number of hydrogen-bond donors (Lipinski definition) is 1. The fourth-order valence-electron chi connectivity index (χ4n) is 2.37. The quantitative estimate of drug-likeness (QED) is 0.891. The second-order valence-corrected chi connectivity index (χ2v) is 5.50. The van der Waals surface area contributed by atoms with Gasteiger partial charge in [-0.2, -0.15) is 0 Å². The number of amides is 1. The van der Waals surface area contributed by atoms with Crippen LogP contribution in [0, 0.1) is 6.92 Å². The highest BCUT2D eigenvalue weighted by Gasteiger charge is 2.18. The Morgan fingerprint density at radius 1 is 1.13 bits per heavy atom. The molecule has 1 unspecified atom stereocenters. The largest absolute Gasteiger partial charge is 0.497 e. The molecule has 2 aromatic rings. The smallest absolute Gasteiger partial charge is 0.253 e. The Hall–Kier alpha value is -2.33. The highest BCUT2D eigenvalue weighted by Crippen LogP contribution is 2.18. The molecule has 1 atom stereocenters. The minimum Gasteiger partial charge on any atom is -0.497 e. The van der Waals surface area contributed by atoms with Gasteiger partial charge in [-0.25, -0.2) is 0 Å². The molecule has 0 radical (unpaired) electrons. The molecule has 2 rings (SSSR count). The van der Waals surface area contributed by atoms with Crippen molar-refractivity contribution >= 4 is 5.91 Å². The Balaban J connectivity index is 2.08. The fourth-order valence-corrected chi connectivity index (χ4v) is 2.37. The van der Waals surface area contributed by atoms with Gasteiger partial charge in [0.05, 0.1) is 19.8 Å². The molecule has 0 saturated heterocycles. The van der Waals surface area contributed by atoms with Crippen LogP contribution < -0.4 is 4.74 Å². The van der Waals surface area contributed by atoms with Crippen LogP contribution in [0.3, 0.4) is 0 Å². The lowest BCUT2D eigenvalue weighted by Gasteiger charge is -2.24. The SMILES string of the molecule is CCN(CC(O)c1ccc(C)cc1)C(=O)c1ccc(OC)cc1. The third kappa shape index (κ3) is 4.33. The van der Waals surface area contributed by atoms with Crippen molar-refractivity contribution in [1.82, 2.24) is 4.90 Å². The lowest BCUT2D eigenvalue weighted by molar-refractivity contribution is 0.0635. The van der Waals surface area contributed by atoms with Gasteiger partial charge in [0.15, 0.2) is 0 Å². The fraction of sp³-hybridized carbons (Fsp3) is 0.316. The van der Waals surface area contributed by atoms with Crippen LogP contribution in [-0.2, 0) is 0 Å². The lowest BCUT2D eigenvalue weighted by Crippen LogP contribution is -2.34. The predicted molar refractivity (Wildman–Crippen MR) is 90.7 cm³/mol. The van der Waals surface area contributed by atoms with Crippen molar-refractivity contribution in [3.05, 3.63) is 65.2 Å². The summed E-state index contributed by atoms with van der Waals surface area (Å²) in [6, 6.07) is 14.7. The number of nitrogens with zero attached hydrogens (tertiary/aromatic N) is 1. The highest BCUT2D eigenvalue weighted by molar-refractivity contribution is 5.94. The maximum absolute atomic E-state index is 12.6. The Kier molecular flexibility index (Phi) is 5.77. The third-order valence-corrected chi connectivity index (χ3v) is 3.86. The molecule has 2 aromatic carbocycles. The van der Waals surface area contributed by atoms with Gasteiger partial charge in [-0.05, 0) is 43.7 Å². The van der Waals surface area contributed by atoms with Crippen molar-refractivity contribution in [2.75, 3.05) is 20.2 Å². The normalized spacial score (nSPS) is 11.8. The zero-order valence-corrected chi connectivity index (χ0v) is 13.8. The summed E-state index contributed by atoms with van der Waals surface area (Å²) in [5.41, 5.74) is 2.54. The van der Waals surface area contributed by atoms with Crippen LogP contribution >= 0.6 is 0 Å². The van der Waals surface area contributed by atoms with E-state index in [4.69, 9.17) is 4.74 Å². The van der Waals surface area contributed by atoms with E-state index in [9.17, 15) is 9.90 Å². The van der Waals surface area contributed by atoms with Gasteiger partial charge in [-0.1, -0.05) is 29.8 Å². The number of ether oxygens (including phenoxy) is 1. The molecule has 0 fully saturated rings. The van der Waals surface area contributed by atoms with Crippen LogP contribution in [0.5, 0.6) is 5.75 Å². The first-order chi connectivity index (χ1) is 11.0. The minimum absolute atomic E-state index is 0.0960. The van der Waals surface area contributed by atoms with Crippen LogP contribution in [0.15, 0.2) is 48.5 Å². The summed E-state index contributed by atoms with van der Waals surface area (Å²) in [5, 5.41) is 10.4. The molecule has 23 heavy (non-hydrogen) atoms. The number of rotatable bonds is 6. The Morgan fingerprint density at radius 3 is 2.26 bits per heavy atom. The summed E-state index contributed by atoms with van der Waals surface area (Å²) in [6.45, 7) is 4.71. The third-order valence-electron chi connectivity index (χ3n) is 3.86. The number of aliphatic hydroxyl groups excluding tert-OH is 1. The monoisotopic (exact) mass is 313 g/mol. The summed E-state index contributed by atoms with van der Waals surface area (Å²) in [5.74, 6) is 0.616. The Bertz CT molecular complexity index is 635. The van der Waals surface area contributed by atoms with Gasteiger partial charge in [0.25, 0.3) is 5.91 Å². The summed E-state index contributed by atoms with van der Waals surface area (Å²) in [6.07, 6.45) is -0.697. The predicted octanol–water partition coefficient (Wildman–Crippen LogP) is 3.20. The van der Waals surface area contributed by atoms with Crippen molar-refractivity contribution in [2.45, 2.75) is 20.0 Å². The molecule has 0 heterocycles. The van der Waals surface area contributed by atoms with Gasteiger partial charge >= 0.3 is 0 Å². The molecule has 0 aromatic heterocycles. The second kappa shape index (κ2) is 7.79. The van der Waals surface area contributed by atoms with E-state index in [0.717, 1.165) is 11.1 Å². The van der Waals surface area contributed by atoms with Gasteiger partial charge in [0.1, 0.15) is 5.75 Å². The van der Waals surface area contributed by atoms with Crippen LogP contribution in [0.1, 0.15) is 34.5 Å². The van der Waals surface area contributed by atoms with E-state index in [1.165, 1.54) is 0 Å². The van der Waals surface area contributed by atoms with E-state index in [2.05, 4.69) is 0 Å². The molecule has 4 nitrogen and oxygen atoms in total. The van der Waals surface area contributed by atoms with Gasteiger partial charge in [-0.15, -0.1) is 0 Å². The average molecular weight is 313 g/mol. The zero-order chi connectivity index (χ0) is 16.8. The van der Waals surface area contributed by atoms with Gasteiger partial charge < -0.3 is 14.7 Å². The molecule has 0 saturated carbocycles. The van der Waals surface area contributed by atoms with Crippen molar-refractivity contribution in [2.24, 2.45) is 0 Å². The van der Waals surface area contributed by atoms with Crippen LogP contribution in [0.4, 0.5) is 0 Å². The van der Waals surface area contributed by atoms with Crippen molar-refractivity contribution < 1.29 is 14.6 Å². The van der Waals surface area contributed by atoms with Gasteiger partial charge in [0.2, 0.25) is 0 Å². The Labute approximate surface area is 137 Å². The molecule has 0 aliphatic heterocycles. The maximum Gasteiger partial charge on any atom is 0.253 e. The molecule has 0 aliphatic rings. The highest BCUT2D eigenvalue weighted by atomic mass is 16.5. The Morgan fingerprint density at radius 2 is 1.74 bits per heavy atom. The van der Waals surface area contributed by atoms with Gasteiger partial charge in [-0.3, -0.25) is 4.79 Å². The lowest BCUT2D eigenvalue weighted by atomic mass is 10.1. The molecule has 122 valence electrons.